The van der Waals surface area contributed by atoms with Gasteiger partial charge in [0.1, 0.15) is 11.8 Å². The van der Waals surface area contributed by atoms with Crippen molar-refractivity contribution in [2.45, 2.75) is 38.6 Å². The predicted octanol–water partition coefficient (Wildman–Crippen LogP) is 3.14. The molecule has 0 bridgehead atoms. The van der Waals surface area contributed by atoms with Crippen molar-refractivity contribution >= 4 is 11.7 Å². The number of aliphatic carboxylic acids is 1. The van der Waals surface area contributed by atoms with Crippen molar-refractivity contribution in [1.29, 1.82) is 0 Å². The molecule has 1 aromatic carbocycles. The average molecular weight is 251 g/mol. The van der Waals surface area contributed by atoms with E-state index in [1.807, 2.05) is 24.3 Å². The Morgan fingerprint density at radius 3 is 2.72 bits per heavy atom. The van der Waals surface area contributed by atoms with Crippen molar-refractivity contribution < 1.29 is 14.6 Å². The summed E-state index contributed by atoms with van der Waals surface area (Å²) in [5.41, 5.74) is 0.726. The Labute approximate surface area is 108 Å². The molecule has 1 rings (SSSR count). The number of carbonyl (C=O) groups is 1. The average Bonchev–Trinajstić information content (AvgIpc) is 2.38. The molecule has 1 unspecified atom stereocenters. The number of ether oxygens (including phenoxy) is 1. The highest BCUT2D eigenvalue weighted by Crippen LogP contribution is 2.24. The molecule has 0 amide bonds. The number of nitrogens with one attached hydrogen (secondary N) is 1. The van der Waals surface area contributed by atoms with Gasteiger partial charge in [0.15, 0.2) is 0 Å². The second-order valence-electron chi connectivity index (χ2n) is 4.23. The standard InChI is InChI=1S/C14H21NO3/c1-3-4-5-9-12(14(16)17)15-11-8-6-7-10-13(11)18-2/h6-8,10,12,15H,3-5,9H2,1-2H3,(H,16,17). The molecule has 4 nitrogen and oxygen atoms in total. The first-order valence-corrected chi connectivity index (χ1v) is 6.31. The molecule has 0 saturated heterocycles. The summed E-state index contributed by atoms with van der Waals surface area (Å²) in [6.07, 6.45) is 3.68. The molecule has 0 fully saturated rings. The summed E-state index contributed by atoms with van der Waals surface area (Å²) < 4.78 is 5.20. The van der Waals surface area contributed by atoms with Crippen LogP contribution in [0.5, 0.6) is 5.75 Å². The second kappa shape index (κ2) is 7.58. The Bertz CT molecular complexity index is 379. The highest BCUT2D eigenvalue weighted by molar-refractivity contribution is 5.78. The summed E-state index contributed by atoms with van der Waals surface area (Å²) in [5.74, 6) is -0.156. The normalized spacial score (nSPS) is 11.9. The van der Waals surface area contributed by atoms with Gasteiger partial charge in [-0.3, -0.25) is 0 Å². The van der Waals surface area contributed by atoms with E-state index < -0.39 is 12.0 Å². The Morgan fingerprint density at radius 2 is 2.11 bits per heavy atom. The molecule has 4 heteroatoms. The number of carboxylic acids is 1. The predicted molar refractivity (Wildman–Crippen MR) is 72.2 cm³/mol. The van der Waals surface area contributed by atoms with Crippen LogP contribution in [0, 0.1) is 0 Å². The summed E-state index contributed by atoms with van der Waals surface area (Å²) in [7, 11) is 1.58. The highest BCUT2D eigenvalue weighted by Gasteiger charge is 2.17. The smallest absolute Gasteiger partial charge is 0.326 e. The molecule has 0 aromatic heterocycles. The number of carboxylic acid groups (broad SMARTS) is 1. The summed E-state index contributed by atoms with van der Waals surface area (Å²) in [6.45, 7) is 2.10. The van der Waals surface area contributed by atoms with Gasteiger partial charge >= 0.3 is 5.97 Å². The maximum absolute atomic E-state index is 11.2. The lowest BCUT2D eigenvalue weighted by Crippen LogP contribution is -2.29. The number of hydrogen-bond acceptors (Lipinski definition) is 3. The lowest BCUT2D eigenvalue weighted by molar-refractivity contribution is -0.138. The fourth-order valence-electron chi connectivity index (χ4n) is 1.81. The lowest BCUT2D eigenvalue weighted by atomic mass is 10.1. The molecule has 1 aromatic rings. The summed E-state index contributed by atoms with van der Waals surface area (Å²) >= 11 is 0. The van der Waals surface area contributed by atoms with Gasteiger partial charge in [-0.05, 0) is 18.6 Å². The topological polar surface area (TPSA) is 58.6 Å². The zero-order valence-corrected chi connectivity index (χ0v) is 11.0. The van der Waals surface area contributed by atoms with Crippen LogP contribution < -0.4 is 10.1 Å². The van der Waals surface area contributed by atoms with Gasteiger partial charge in [-0.25, -0.2) is 4.79 Å². The molecule has 100 valence electrons. The fraction of sp³-hybridized carbons (Fsp3) is 0.500. The molecule has 2 N–H and O–H groups in total. The highest BCUT2D eigenvalue weighted by atomic mass is 16.5. The summed E-state index contributed by atoms with van der Waals surface area (Å²) in [5, 5.41) is 12.2. The van der Waals surface area contributed by atoms with Gasteiger partial charge < -0.3 is 15.2 Å². The van der Waals surface area contributed by atoms with Gasteiger partial charge in [-0.1, -0.05) is 38.3 Å². The number of rotatable bonds is 8. The van der Waals surface area contributed by atoms with E-state index in [1.54, 1.807) is 7.11 Å². The van der Waals surface area contributed by atoms with Crippen molar-refractivity contribution in [3.63, 3.8) is 0 Å². The molecule has 0 aliphatic carbocycles. The SMILES string of the molecule is CCCCCC(Nc1ccccc1OC)C(=O)O. The van der Waals surface area contributed by atoms with E-state index in [0.717, 1.165) is 24.9 Å². The Kier molecular flexibility index (Phi) is 6.05. The number of benzene rings is 1. The van der Waals surface area contributed by atoms with Crippen LogP contribution in [0.15, 0.2) is 24.3 Å². The van der Waals surface area contributed by atoms with Gasteiger partial charge in [-0.2, -0.15) is 0 Å². The van der Waals surface area contributed by atoms with Crippen molar-refractivity contribution in [2.75, 3.05) is 12.4 Å². The first-order chi connectivity index (χ1) is 8.69. The van der Waals surface area contributed by atoms with E-state index in [9.17, 15) is 9.90 Å². The minimum absolute atomic E-state index is 0.562. The molecular weight excluding hydrogens is 230 g/mol. The zero-order valence-electron chi connectivity index (χ0n) is 11.0. The zero-order chi connectivity index (χ0) is 13.4. The Hall–Kier alpha value is -1.71. The molecule has 0 heterocycles. The Balaban J connectivity index is 2.67. The van der Waals surface area contributed by atoms with Crippen LogP contribution in [0.1, 0.15) is 32.6 Å². The Morgan fingerprint density at radius 1 is 1.39 bits per heavy atom. The fourth-order valence-corrected chi connectivity index (χ4v) is 1.81. The molecule has 18 heavy (non-hydrogen) atoms. The van der Waals surface area contributed by atoms with Crippen molar-refractivity contribution in [3.05, 3.63) is 24.3 Å². The number of unbranched alkanes of at least 4 members (excludes halogenated alkanes) is 2. The van der Waals surface area contributed by atoms with E-state index in [-0.39, 0.29) is 0 Å². The number of methoxy groups -OCH3 is 1. The van der Waals surface area contributed by atoms with Crippen LogP contribution >= 0.6 is 0 Å². The monoisotopic (exact) mass is 251 g/mol. The summed E-state index contributed by atoms with van der Waals surface area (Å²) in [6, 6.07) is 6.79. The van der Waals surface area contributed by atoms with E-state index in [2.05, 4.69) is 12.2 Å². The molecule has 1 atom stereocenters. The quantitative estimate of drug-likeness (QED) is 0.697. The van der Waals surface area contributed by atoms with Gasteiger partial charge in [0.25, 0.3) is 0 Å². The molecular formula is C14H21NO3. The minimum atomic E-state index is -0.822. The number of anilines is 1. The van der Waals surface area contributed by atoms with Crippen LogP contribution in [-0.2, 0) is 4.79 Å². The van der Waals surface area contributed by atoms with E-state index in [0.29, 0.717) is 12.2 Å². The maximum Gasteiger partial charge on any atom is 0.326 e. The first kappa shape index (κ1) is 14.4. The minimum Gasteiger partial charge on any atom is -0.495 e. The third-order valence-corrected chi connectivity index (χ3v) is 2.83. The van der Waals surface area contributed by atoms with Crippen molar-refractivity contribution in [2.24, 2.45) is 0 Å². The van der Waals surface area contributed by atoms with Crippen LogP contribution in [0.2, 0.25) is 0 Å². The lowest BCUT2D eigenvalue weighted by Gasteiger charge is -2.17. The molecule has 0 aliphatic heterocycles. The summed E-state index contributed by atoms with van der Waals surface area (Å²) in [4.78, 5) is 11.2. The van der Waals surface area contributed by atoms with Crippen LogP contribution in [0.25, 0.3) is 0 Å². The van der Waals surface area contributed by atoms with Gasteiger partial charge in [0, 0.05) is 0 Å². The van der Waals surface area contributed by atoms with E-state index in [1.165, 1.54) is 0 Å². The van der Waals surface area contributed by atoms with Crippen molar-refractivity contribution in [3.8, 4) is 5.75 Å². The van der Waals surface area contributed by atoms with Gasteiger partial charge in [0.2, 0.25) is 0 Å². The van der Waals surface area contributed by atoms with Gasteiger partial charge in [-0.15, -0.1) is 0 Å². The molecule has 0 radical (unpaired) electrons. The van der Waals surface area contributed by atoms with E-state index >= 15 is 0 Å². The van der Waals surface area contributed by atoms with Crippen molar-refractivity contribution in [1.82, 2.24) is 0 Å². The number of para-hydroxylation sites is 2. The first-order valence-electron chi connectivity index (χ1n) is 6.31. The maximum atomic E-state index is 11.2. The second-order valence-corrected chi connectivity index (χ2v) is 4.23. The van der Waals surface area contributed by atoms with E-state index in [4.69, 9.17) is 4.74 Å². The van der Waals surface area contributed by atoms with Crippen LogP contribution in [-0.4, -0.2) is 24.2 Å². The third-order valence-electron chi connectivity index (χ3n) is 2.83. The number of hydrogen-bond donors (Lipinski definition) is 2. The largest absolute Gasteiger partial charge is 0.495 e. The third kappa shape index (κ3) is 4.28. The molecule has 0 aliphatic rings. The van der Waals surface area contributed by atoms with Gasteiger partial charge in [0.05, 0.1) is 12.8 Å². The van der Waals surface area contributed by atoms with Crippen LogP contribution in [0.4, 0.5) is 5.69 Å². The molecule has 0 spiro atoms. The van der Waals surface area contributed by atoms with Crippen LogP contribution in [0.3, 0.4) is 0 Å². The molecule has 0 saturated carbocycles.